The van der Waals surface area contributed by atoms with Gasteiger partial charge in [-0.1, -0.05) is 66.8 Å². The van der Waals surface area contributed by atoms with Crippen LogP contribution in [0.2, 0.25) is 0 Å². The average molecular weight is 296 g/mol. The maximum Gasteiger partial charge on any atom is 0.123 e. The van der Waals surface area contributed by atoms with Crippen LogP contribution in [0.15, 0.2) is 77.9 Å². The highest BCUT2D eigenvalue weighted by molar-refractivity contribution is 5.91. The summed E-state index contributed by atoms with van der Waals surface area (Å²) in [5.74, 6) is 0.348. The first-order valence-corrected chi connectivity index (χ1v) is 7.99. The van der Waals surface area contributed by atoms with E-state index in [2.05, 4.69) is 60.7 Å². The Morgan fingerprint density at radius 1 is 0.913 bits per heavy atom. The lowest BCUT2D eigenvalue weighted by Gasteiger charge is -2.38. The van der Waals surface area contributed by atoms with Gasteiger partial charge in [0.15, 0.2) is 0 Å². The molecule has 2 aromatic rings. The highest BCUT2D eigenvalue weighted by Gasteiger charge is 2.36. The zero-order chi connectivity index (χ0) is 15.4. The molecule has 1 atom stereocenters. The summed E-state index contributed by atoms with van der Waals surface area (Å²) in [7, 11) is 0. The first-order valence-electron chi connectivity index (χ1n) is 7.99. The molecule has 1 heteroatoms. The van der Waals surface area contributed by atoms with E-state index >= 15 is 0 Å². The van der Waals surface area contributed by atoms with E-state index < -0.39 is 0 Å². The molecule has 1 nitrogen and oxygen atoms in total. The molecular weight excluding hydrogens is 280 g/mol. The summed E-state index contributed by atoms with van der Waals surface area (Å²) in [6.45, 7) is 0. The van der Waals surface area contributed by atoms with Gasteiger partial charge >= 0.3 is 0 Å². The van der Waals surface area contributed by atoms with Gasteiger partial charge in [0, 0.05) is 10.8 Å². The van der Waals surface area contributed by atoms with Gasteiger partial charge in [-0.05, 0) is 45.5 Å². The average Bonchev–Trinajstić information content (AvgIpc) is 2.58. The van der Waals surface area contributed by atoms with E-state index in [0.717, 1.165) is 17.2 Å². The second kappa shape index (κ2) is 4.36. The SMILES string of the molecule is Oc1cccc2c3c(ccc12)=CC1=CC=CC2=CC=CCC21C=3. The standard InChI is InChI=1S/C22H16O/c23-21-9-4-8-18-19(21)11-10-15-13-17-7-3-6-16-5-1-2-12-22(16,17)14-20(15)18/h1-11,13-14,23H,12H2. The Kier molecular flexibility index (Phi) is 2.41. The van der Waals surface area contributed by atoms with E-state index in [1.165, 1.54) is 21.6 Å². The van der Waals surface area contributed by atoms with Gasteiger partial charge in [-0.25, -0.2) is 0 Å². The van der Waals surface area contributed by atoms with Crippen molar-refractivity contribution >= 4 is 22.9 Å². The first-order chi connectivity index (χ1) is 11.3. The number of benzene rings is 2. The Bertz CT molecular complexity index is 1090. The van der Waals surface area contributed by atoms with Gasteiger partial charge < -0.3 is 5.11 Å². The van der Waals surface area contributed by atoms with Crippen molar-refractivity contribution in [2.24, 2.45) is 5.41 Å². The molecule has 2 aromatic carbocycles. The van der Waals surface area contributed by atoms with Crippen molar-refractivity contribution in [1.82, 2.24) is 0 Å². The van der Waals surface area contributed by atoms with Gasteiger partial charge in [-0.3, -0.25) is 0 Å². The van der Waals surface area contributed by atoms with E-state index in [4.69, 9.17) is 0 Å². The number of aromatic hydroxyl groups is 1. The predicted octanol–water partition coefficient (Wildman–Crippen LogP) is 3.49. The number of allylic oxidation sites excluding steroid dienone is 8. The third kappa shape index (κ3) is 1.62. The van der Waals surface area contributed by atoms with Crippen LogP contribution in [-0.2, 0) is 0 Å². The summed E-state index contributed by atoms with van der Waals surface area (Å²) in [6, 6.07) is 9.91. The Labute approximate surface area is 134 Å². The van der Waals surface area contributed by atoms with E-state index in [9.17, 15) is 5.11 Å². The molecular formula is C22H16O. The normalized spacial score (nSPS) is 23.8. The van der Waals surface area contributed by atoms with Crippen molar-refractivity contribution in [1.29, 1.82) is 0 Å². The molecule has 0 heterocycles. The van der Waals surface area contributed by atoms with E-state index in [-0.39, 0.29) is 5.41 Å². The summed E-state index contributed by atoms with van der Waals surface area (Å²) >= 11 is 0. The number of fused-ring (bicyclic) bond motifs is 3. The number of phenolic OH excluding ortho intramolecular Hbond substituents is 1. The molecule has 0 amide bonds. The molecule has 3 aliphatic rings. The second-order valence-corrected chi connectivity index (χ2v) is 6.44. The van der Waals surface area contributed by atoms with Gasteiger partial charge in [-0.15, -0.1) is 0 Å². The number of hydrogen-bond donors (Lipinski definition) is 1. The topological polar surface area (TPSA) is 20.2 Å². The lowest BCUT2D eigenvalue weighted by molar-refractivity contribution is 0.481. The predicted molar refractivity (Wildman–Crippen MR) is 95.3 cm³/mol. The number of phenols is 1. The number of hydrogen-bond acceptors (Lipinski definition) is 1. The summed E-state index contributed by atoms with van der Waals surface area (Å²) in [6.07, 6.45) is 18.9. The molecule has 0 fully saturated rings. The fourth-order valence-electron chi connectivity index (χ4n) is 4.07. The quantitative estimate of drug-likeness (QED) is 0.789. The molecule has 0 aromatic heterocycles. The lowest BCUT2D eigenvalue weighted by atomic mass is 9.65. The third-order valence-corrected chi connectivity index (χ3v) is 5.25. The van der Waals surface area contributed by atoms with Crippen molar-refractivity contribution in [3.8, 4) is 5.75 Å². The highest BCUT2D eigenvalue weighted by atomic mass is 16.3. The summed E-state index contributed by atoms with van der Waals surface area (Å²) in [4.78, 5) is 0. The Hall–Kier alpha value is -2.80. The molecule has 110 valence electrons. The van der Waals surface area contributed by atoms with Crippen LogP contribution in [0.25, 0.3) is 22.9 Å². The zero-order valence-corrected chi connectivity index (χ0v) is 12.7. The molecule has 0 saturated heterocycles. The number of rotatable bonds is 0. The fourth-order valence-corrected chi connectivity index (χ4v) is 4.07. The maximum atomic E-state index is 10.2. The largest absolute Gasteiger partial charge is 0.507 e. The van der Waals surface area contributed by atoms with Crippen molar-refractivity contribution in [2.45, 2.75) is 6.42 Å². The van der Waals surface area contributed by atoms with Crippen LogP contribution in [0.3, 0.4) is 0 Å². The van der Waals surface area contributed by atoms with E-state index in [1.807, 2.05) is 12.1 Å². The Morgan fingerprint density at radius 2 is 1.83 bits per heavy atom. The molecule has 5 rings (SSSR count). The molecule has 1 N–H and O–H groups in total. The van der Waals surface area contributed by atoms with Crippen LogP contribution in [0.1, 0.15) is 6.42 Å². The maximum absolute atomic E-state index is 10.2. The molecule has 0 saturated carbocycles. The molecule has 3 aliphatic carbocycles. The summed E-state index contributed by atoms with van der Waals surface area (Å²) < 4.78 is 0. The van der Waals surface area contributed by atoms with E-state index in [1.54, 1.807) is 6.07 Å². The smallest absolute Gasteiger partial charge is 0.123 e. The van der Waals surface area contributed by atoms with E-state index in [0.29, 0.717) is 5.75 Å². The second-order valence-electron chi connectivity index (χ2n) is 6.44. The molecule has 0 radical (unpaired) electrons. The fraction of sp³-hybridized carbons (Fsp3) is 0.0909. The van der Waals surface area contributed by atoms with Crippen LogP contribution in [0.5, 0.6) is 5.75 Å². The van der Waals surface area contributed by atoms with Crippen LogP contribution >= 0.6 is 0 Å². The van der Waals surface area contributed by atoms with Gasteiger partial charge in [-0.2, -0.15) is 0 Å². The van der Waals surface area contributed by atoms with Crippen LogP contribution in [0, 0.1) is 5.41 Å². The van der Waals surface area contributed by atoms with Gasteiger partial charge in [0.1, 0.15) is 5.75 Å². The Balaban J connectivity index is 1.95. The summed E-state index contributed by atoms with van der Waals surface area (Å²) in [5.41, 5.74) is 2.63. The van der Waals surface area contributed by atoms with Crippen molar-refractivity contribution < 1.29 is 5.11 Å². The van der Waals surface area contributed by atoms with Crippen LogP contribution < -0.4 is 10.4 Å². The van der Waals surface area contributed by atoms with Crippen molar-refractivity contribution in [2.75, 3.05) is 0 Å². The van der Waals surface area contributed by atoms with Crippen LogP contribution in [-0.4, -0.2) is 5.11 Å². The minimum Gasteiger partial charge on any atom is -0.507 e. The van der Waals surface area contributed by atoms with Gasteiger partial charge in [0.2, 0.25) is 0 Å². The monoisotopic (exact) mass is 296 g/mol. The minimum absolute atomic E-state index is 0.0593. The minimum atomic E-state index is -0.0593. The van der Waals surface area contributed by atoms with Crippen molar-refractivity contribution in [3.63, 3.8) is 0 Å². The molecule has 1 spiro atoms. The lowest BCUT2D eigenvalue weighted by Crippen LogP contribution is -2.38. The zero-order valence-electron chi connectivity index (χ0n) is 12.7. The molecule has 1 unspecified atom stereocenters. The Morgan fingerprint density at radius 3 is 2.78 bits per heavy atom. The van der Waals surface area contributed by atoms with Gasteiger partial charge in [0.25, 0.3) is 0 Å². The summed E-state index contributed by atoms with van der Waals surface area (Å²) in [5, 5.41) is 14.7. The first kappa shape index (κ1) is 12.7. The van der Waals surface area contributed by atoms with Gasteiger partial charge in [0.05, 0.1) is 0 Å². The molecule has 0 aliphatic heterocycles. The van der Waals surface area contributed by atoms with Crippen LogP contribution in [0.4, 0.5) is 0 Å². The molecule has 23 heavy (non-hydrogen) atoms. The highest BCUT2D eigenvalue weighted by Crippen LogP contribution is 2.47. The molecule has 0 bridgehead atoms. The third-order valence-electron chi connectivity index (χ3n) is 5.25. The van der Waals surface area contributed by atoms with Crippen molar-refractivity contribution in [3.05, 3.63) is 88.4 Å².